The molecule has 2 aromatic carbocycles. The van der Waals surface area contributed by atoms with Crippen molar-refractivity contribution in [3.63, 3.8) is 0 Å². The molecule has 6 nitrogen and oxygen atoms in total. The first-order valence-corrected chi connectivity index (χ1v) is 12.1. The lowest BCUT2D eigenvalue weighted by molar-refractivity contribution is -0.165. The van der Waals surface area contributed by atoms with Crippen molar-refractivity contribution in [3.05, 3.63) is 71.8 Å². The molecule has 2 saturated heterocycles. The number of hydrogen-bond acceptors (Lipinski definition) is 5. The highest BCUT2D eigenvalue weighted by molar-refractivity contribution is 8.02. The molecule has 2 heterocycles. The SMILES string of the molecule is O=C(Cc1ccccc1)NC1C(=O)N2C1SC(CCl)(CCl)C2C(=O)OCc1ccccc1. The number of ether oxygens (including phenoxy) is 1. The standard InChI is InChI=1S/C23H22Cl2N2O4S/c24-13-23(14-25)19(22(30)31-12-16-9-5-2-6-10-16)27-20(29)18(21(27)32-23)26-17(28)11-15-7-3-1-4-8-15/h1-10,18-19,21H,11-14H2,(H,26,28). The third-order valence-corrected chi connectivity index (χ3v) is 8.63. The van der Waals surface area contributed by atoms with Gasteiger partial charge in [0.2, 0.25) is 11.8 Å². The molecule has 2 aromatic rings. The molecule has 2 aliphatic heterocycles. The van der Waals surface area contributed by atoms with E-state index in [4.69, 9.17) is 27.9 Å². The van der Waals surface area contributed by atoms with E-state index in [0.29, 0.717) is 0 Å². The number of esters is 1. The van der Waals surface area contributed by atoms with Crippen LogP contribution in [0.4, 0.5) is 0 Å². The summed E-state index contributed by atoms with van der Waals surface area (Å²) in [7, 11) is 0. The van der Waals surface area contributed by atoms with E-state index in [1.54, 1.807) is 0 Å². The number of fused-ring (bicyclic) bond motifs is 1. The minimum Gasteiger partial charge on any atom is -0.459 e. The van der Waals surface area contributed by atoms with Crippen LogP contribution in [0.5, 0.6) is 0 Å². The van der Waals surface area contributed by atoms with Crippen LogP contribution >= 0.6 is 35.0 Å². The number of alkyl halides is 2. The van der Waals surface area contributed by atoms with Crippen molar-refractivity contribution in [1.82, 2.24) is 10.2 Å². The van der Waals surface area contributed by atoms with Crippen LogP contribution in [0.2, 0.25) is 0 Å². The summed E-state index contributed by atoms with van der Waals surface area (Å²) in [5.74, 6) is -1.00. The maximum Gasteiger partial charge on any atom is 0.330 e. The first-order chi connectivity index (χ1) is 15.5. The zero-order chi connectivity index (χ0) is 22.7. The molecule has 2 aliphatic rings. The topological polar surface area (TPSA) is 75.7 Å². The average molecular weight is 493 g/mol. The van der Waals surface area contributed by atoms with E-state index in [2.05, 4.69) is 5.32 Å². The second-order valence-electron chi connectivity index (χ2n) is 7.79. The van der Waals surface area contributed by atoms with Gasteiger partial charge in [-0.05, 0) is 11.1 Å². The van der Waals surface area contributed by atoms with Crippen LogP contribution in [0.25, 0.3) is 0 Å². The molecule has 3 atom stereocenters. The van der Waals surface area contributed by atoms with E-state index in [9.17, 15) is 14.4 Å². The predicted molar refractivity (Wildman–Crippen MR) is 124 cm³/mol. The largest absolute Gasteiger partial charge is 0.459 e. The Morgan fingerprint density at radius 3 is 2.19 bits per heavy atom. The molecule has 0 radical (unpaired) electrons. The molecule has 0 saturated carbocycles. The second-order valence-corrected chi connectivity index (χ2v) is 9.86. The lowest BCUT2D eigenvalue weighted by atomic mass is 9.95. The van der Waals surface area contributed by atoms with Crippen LogP contribution in [0.3, 0.4) is 0 Å². The summed E-state index contributed by atoms with van der Waals surface area (Å²) in [6.45, 7) is 0.0887. The number of thioether (sulfide) groups is 1. The fourth-order valence-electron chi connectivity index (χ4n) is 3.96. The number of hydrogen-bond donors (Lipinski definition) is 1. The lowest BCUT2D eigenvalue weighted by Crippen LogP contribution is -2.71. The Balaban J connectivity index is 1.45. The number of carbonyl (C=O) groups is 3. The molecule has 0 spiro atoms. The van der Waals surface area contributed by atoms with Crippen molar-refractivity contribution in [3.8, 4) is 0 Å². The van der Waals surface area contributed by atoms with E-state index < -0.39 is 28.2 Å². The van der Waals surface area contributed by atoms with Crippen LogP contribution in [-0.2, 0) is 32.1 Å². The van der Waals surface area contributed by atoms with Crippen LogP contribution in [-0.4, -0.2) is 56.6 Å². The maximum atomic E-state index is 13.0. The number of nitrogens with one attached hydrogen (secondary N) is 1. The summed E-state index contributed by atoms with van der Waals surface area (Å²) in [4.78, 5) is 39.9. The van der Waals surface area contributed by atoms with E-state index in [1.807, 2.05) is 60.7 Å². The number of amides is 2. The minimum absolute atomic E-state index is 0.0667. The summed E-state index contributed by atoms with van der Waals surface area (Å²) in [6.07, 6.45) is 0.167. The molecule has 1 N–H and O–H groups in total. The summed E-state index contributed by atoms with van der Waals surface area (Å²) in [6, 6.07) is 16.9. The Labute approximate surface area is 200 Å². The van der Waals surface area contributed by atoms with Gasteiger partial charge in [-0.1, -0.05) is 60.7 Å². The van der Waals surface area contributed by atoms with Crippen LogP contribution in [0.15, 0.2) is 60.7 Å². The third kappa shape index (κ3) is 4.34. The number of benzene rings is 2. The quantitative estimate of drug-likeness (QED) is 0.348. The Hall–Kier alpha value is -2.22. The Kier molecular flexibility index (Phi) is 6.98. The van der Waals surface area contributed by atoms with Gasteiger partial charge in [0, 0.05) is 11.8 Å². The molecule has 3 unspecified atom stereocenters. The fourth-order valence-corrected chi connectivity index (χ4v) is 6.52. The molecule has 9 heteroatoms. The Bertz CT molecular complexity index is 988. The van der Waals surface area contributed by atoms with E-state index in [1.165, 1.54) is 16.7 Å². The van der Waals surface area contributed by atoms with Gasteiger partial charge in [-0.25, -0.2) is 4.79 Å². The molecule has 0 bridgehead atoms. The third-order valence-electron chi connectivity index (χ3n) is 5.64. The van der Waals surface area contributed by atoms with Gasteiger partial charge >= 0.3 is 5.97 Å². The van der Waals surface area contributed by atoms with Gasteiger partial charge in [0.25, 0.3) is 0 Å². The van der Waals surface area contributed by atoms with E-state index >= 15 is 0 Å². The highest BCUT2D eigenvalue weighted by Crippen LogP contribution is 2.52. The summed E-state index contributed by atoms with van der Waals surface area (Å²) < 4.78 is 4.62. The molecule has 4 rings (SSSR count). The van der Waals surface area contributed by atoms with Crippen LogP contribution in [0.1, 0.15) is 11.1 Å². The molecule has 2 amide bonds. The van der Waals surface area contributed by atoms with Crippen LogP contribution in [0, 0.1) is 0 Å². The normalized spacial score (nSPS) is 23.2. The van der Waals surface area contributed by atoms with Gasteiger partial charge in [-0.3, -0.25) is 9.59 Å². The molecule has 32 heavy (non-hydrogen) atoms. The average Bonchev–Trinajstić information content (AvgIpc) is 3.14. The van der Waals surface area contributed by atoms with Crippen molar-refractivity contribution < 1.29 is 19.1 Å². The molecule has 0 aliphatic carbocycles. The van der Waals surface area contributed by atoms with Crippen molar-refractivity contribution in [2.75, 3.05) is 11.8 Å². The van der Waals surface area contributed by atoms with Gasteiger partial charge in [-0.2, -0.15) is 0 Å². The molecular weight excluding hydrogens is 471 g/mol. The summed E-state index contributed by atoms with van der Waals surface area (Å²) in [5, 5.41) is 2.38. The number of β-lactam (4-membered cyclic amide) rings is 1. The zero-order valence-corrected chi connectivity index (χ0v) is 19.4. The maximum absolute atomic E-state index is 13.0. The lowest BCUT2D eigenvalue weighted by Gasteiger charge is -2.44. The van der Waals surface area contributed by atoms with Crippen molar-refractivity contribution in [2.24, 2.45) is 0 Å². The van der Waals surface area contributed by atoms with Crippen LogP contribution < -0.4 is 5.32 Å². The first kappa shape index (κ1) is 23.0. The fraction of sp³-hybridized carbons (Fsp3) is 0.348. The molecule has 2 fully saturated rings. The van der Waals surface area contributed by atoms with Gasteiger partial charge in [0.1, 0.15) is 24.1 Å². The second kappa shape index (κ2) is 9.73. The van der Waals surface area contributed by atoms with Gasteiger partial charge in [0.15, 0.2) is 0 Å². The van der Waals surface area contributed by atoms with Crippen molar-refractivity contribution >= 4 is 52.7 Å². The van der Waals surface area contributed by atoms with E-state index in [0.717, 1.165) is 11.1 Å². The molecule has 168 valence electrons. The predicted octanol–water partition coefficient (Wildman–Crippen LogP) is 2.96. The number of nitrogens with zero attached hydrogens (tertiary/aromatic N) is 1. The summed E-state index contributed by atoms with van der Waals surface area (Å²) >= 11 is 13.9. The molecule has 0 aromatic heterocycles. The Morgan fingerprint density at radius 2 is 1.59 bits per heavy atom. The smallest absolute Gasteiger partial charge is 0.330 e. The highest BCUT2D eigenvalue weighted by Gasteiger charge is 2.67. The van der Waals surface area contributed by atoms with Gasteiger partial charge in [0.05, 0.1) is 11.2 Å². The minimum atomic E-state index is -0.911. The van der Waals surface area contributed by atoms with Crippen molar-refractivity contribution in [2.45, 2.75) is 35.2 Å². The highest BCUT2D eigenvalue weighted by atomic mass is 35.5. The Morgan fingerprint density at radius 1 is 1.00 bits per heavy atom. The first-order valence-electron chi connectivity index (χ1n) is 10.1. The number of carbonyl (C=O) groups excluding carboxylic acids is 3. The zero-order valence-electron chi connectivity index (χ0n) is 17.1. The summed E-state index contributed by atoms with van der Waals surface area (Å²) in [5.41, 5.74) is 1.69. The molecular formula is C23H22Cl2N2O4S. The number of halogens is 2. The number of rotatable bonds is 8. The van der Waals surface area contributed by atoms with Crippen molar-refractivity contribution in [1.29, 1.82) is 0 Å². The van der Waals surface area contributed by atoms with Gasteiger partial charge < -0.3 is 15.0 Å². The van der Waals surface area contributed by atoms with E-state index in [-0.39, 0.29) is 36.6 Å². The monoisotopic (exact) mass is 492 g/mol. The van der Waals surface area contributed by atoms with Gasteiger partial charge in [-0.15, -0.1) is 35.0 Å².